The minimum atomic E-state index is -0.0700. The Morgan fingerprint density at radius 2 is 1.20 bits per heavy atom. The third-order valence-electron chi connectivity index (χ3n) is 0. The molecular formula is Cd2I3. The van der Waals surface area contributed by atoms with Gasteiger partial charge in [0.2, 0.25) is 0 Å². The van der Waals surface area contributed by atoms with Gasteiger partial charge >= 0.3 is 90.4 Å². The van der Waals surface area contributed by atoms with Gasteiger partial charge in [0.1, 0.15) is 0 Å². The Bertz CT molecular complexity index is 4.85. The van der Waals surface area contributed by atoms with Crippen LogP contribution in [0, 0.1) is 0 Å². The van der Waals surface area contributed by atoms with Crippen molar-refractivity contribution in [3.63, 3.8) is 0 Å². The van der Waals surface area contributed by atoms with Gasteiger partial charge in [-0.3, -0.25) is 0 Å². The van der Waals surface area contributed by atoms with Crippen molar-refractivity contribution in [3.8, 4) is 0 Å². The Morgan fingerprint density at radius 3 is 1.20 bits per heavy atom. The Labute approximate surface area is 87.2 Å². The van der Waals surface area contributed by atoms with Gasteiger partial charge in [-0.25, -0.2) is 0 Å². The van der Waals surface area contributed by atoms with E-state index in [4.69, 9.17) is 0 Å². The van der Waals surface area contributed by atoms with Crippen LogP contribution in [0.3, 0.4) is 0 Å². The molecule has 0 heterocycles. The van der Waals surface area contributed by atoms with Crippen LogP contribution in [-0.4, -0.2) is 0 Å². The molecule has 0 unspecified atom stereocenters. The van der Waals surface area contributed by atoms with Crippen molar-refractivity contribution >= 4 is 53.3 Å². The van der Waals surface area contributed by atoms with Gasteiger partial charge in [0.05, 0.1) is 0 Å². The molecule has 0 aliphatic heterocycles. The van der Waals surface area contributed by atoms with Crippen molar-refractivity contribution in [1.29, 1.82) is 0 Å². The van der Waals surface area contributed by atoms with Gasteiger partial charge in [-0.2, -0.15) is 0 Å². The fourth-order valence-electron chi connectivity index (χ4n) is 0. The molecule has 0 spiro atoms. The Morgan fingerprint density at radius 1 is 1.20 bits per heavy atom. The molecule has 0 fully saturated rings. The first-order valence-corrected chi connectivity index (χ1v) is 36.1. The van der Waals surface area contributed by atoms with E-state index < -0.39 is 0 Å². The summed E-state index contributed by atoms with van der Waals surface area (Å²) in [6.07, 6.45) is 0. The monoisotopic (exact) mass is 609 g/mol. The second-order valence-corrected chi connectivity index (χ2v) is 30.5. The van der Waals surface area contributed by atoms with Crippen molar-refractivity contribution < 1.29 is 37.1 Å². The fraction of sp³-hybridized carbons (Fsp3) is 0. The molecule has 0 bridgehead atoms. The van der Waals surface area contributed by atoms with Gasteiger partial charge in [0.25, 0.3) is 0 Å². The summed E-state index contributed by atoms with van der Waals surface area (Å²) in [7, 11) is 0. The van der Waals surface area contributed by atoms with Crippen LogP contribution in [-0.2, 0) is 37.1 Å². The van der Waals surface area contributed by atoms with Crippen molar-refractivity contribution in [1.82, 2.24) is 0 Å². The van der Waals surface area contributed by atoms with E-state index in [1.54, 1.807) is 0 Å². The second kappa shape index (κ2) is 15.7. The van der Waals surface area contributed by atoms with E-state index in [1.807, 2.05) is 0 Å². The maximum absolute atomic E-state index is 2.49. The van der Waals surface area contributed by atoms with Crippen molar-refractivity contribution in [3.05, 3.63) is 0 Å². The predicted octanol–water partition coefficient (Wildman–Crippen LogP) is 2.65. The van der Waals surface area contributed by atoms with Crippen LogP contribution in [0.15, 0.2) is 0 Å². The van der Waals surface area contributed by atoms with Crippen LogP contribution in [0.5, 0.6) is 0 Å². The molecule has 0 saturated carbocycles. The molecule has 5 heavy (non-hydrogen) atoms. The van der Waals surface area contributed by atoms with Crippen LogP contribution >= 0.6 is 53.3 Å². The third-order valence-corrected chi connectivity index (χ3v) is 0. The van der Waals surface area contributed by atoms with Gasteiger partial charge in [-0.05, 0) is 0 Å². The zero-order valence-electron chi connectivity index (χ0n) is 2.55. The molecule has 0 saturated heterocycles. The predicted molar refractivity (Wildman–Crippen MR) is 42.1 cm³/mol. The molecule has 0 nitrogen and oxygen atoms in total. The molecule has 0 aliphatic carbocycles. The summed E-state index contributed by atoms with van der Waals surface area (Å²) < 4.78 is 0. The van der Waals surface area contributed by atoms with Gasteiger partial charge in [-0.15, -0.1) is 0 Å². The average Bonchev–Trinajstić information content (AvgIpc) is 1.46. The first-order valence-electron chi connectivity index (χ1n) is 0.802. The number of halogens is 3. The van der Waals surface area contributed by atoms with Crippen LogP contribution < -0.4 is 0 Å². The zero-order valence-corrected chi connectivity index (χ0v) is 17.1. The SMILES string of the molecule is [Cd][I].[I][Cd][I]. The number of hydrogen-bond acceptors (Lipinski definition) is 0. The summed E-state index contributed by atoms with van der Waals surface area (Å²) in [5.41, 5.74) is 0. The summed E-state index contributed by atoms with van der Waals surface area (Å²) in [4.78, 5) is 0. The van der Waals surface area contributed by atoms with E-state index in [0.29, 0.717) is 0 Å². The third kappa shape index (κ3) is 18.0. The number of rotatable bonds is 0. The van der Waals surface area contributed by atoms with Gasteiger partial charge in [-0.1, -0.05) is 0 Å². The van der Waals surface area contributed by atoms with Gasteiger partial charge < -0.3 is 0 Å². The molecule has 0 amide bonds. The zero-order chi connectivity index (χ0) is 4.71. The summed E-state index contributed by atoms with van der Waals surface area (Å²) in [6, 6.07) is 0. The summed E-state index contributed by atoms with van der Waals surface area (Å²) >= 11 is 8.34. The Balaban J connectivity index is 0. The molecule has 0 aromatic rings. The topological polar surface area (TPSA) is 0 Å². The van der Waals surface area contributed by atoms with E-state index >= 15 is 0 Å². The van der Waals surface area contributed by atoms with E-state index in [0.717, 1.165) is 21.5 Å². The summed E-state index contributed by atoms with van der Waals surface area (Å²) in [5, 5.41) is 0. The van der Waals surface area contributed by atoms with Crippen LogP contribution in [0.4, 0.5) is 0 Å². The molecule has 0 atom stereocenters. The normalized spacial score (nSPS) is 3.40. The molecule has 0 N–H and O–H groups in total. The maximum atomic E-state index is 2.49. The Kier molecular flexibility index (Phi) is 37.0. The molecule has 0 rings (SSSR count). The quantitative estimate of drug-likeness (QED) is 0.295. The van der Waals surface area contributed by atoms with E-state index in [9.17, 15) is 0 Å². The van der Waals surface area contributed by atoms with Gasteiger partial charge in [0.15, 0.2) is 0 Å². The van der Waals surface area contributed by atoms with E-state index in [-0.39, 0.29) is 15.6 Å². The average molecular weight is 606 g/mol. The van der Waals surface area contributed by atoms with E-state index in [2.05, 4.69) is 53.3 Å². The number of hydrogen-bond donors (Lipinski definition) is 0. The molecule has 0 aromatic carbocycles. The first kappa shape index (κ1) is 11.8. The molecule has 0 radical (unpaired) electrons. The van der Waals surface area contributed by atoms with Crippen LogP contribution in [0.2, 0.25) is 0 Å². The molecule has 25 valence electrons. The molecule has 5 heteroatoms. The van der Waals surface area contributed by atoms with Crippen LogP contribution in [0.25, 0.3) is 0 Å². The van der Waals surface area contributed by atoms with Crippen LogP contribution in [0.1, 0.15) is 0 Å². The van der Waals surface area contributed by atoms with Crippen molar-refractivity contribution in [2.45, 2.75) is 0 Å². The minimum absolute atomic E-state index is 0.0700. The molecule has 0 aromatic heterocycles. The standard InChI is InChI=1S/2Cd.3HI/h;;3*1H/q+1;+2;;;/p-3. The second-order valence-electron chi connectivity index (χ2n) is 0.101. The van der Waals surface area contributed by atoms with Crippen molar-refractivity contribution in [2.75, 3.05) is 0 Å². The molecular weight excluding hydrogens is 606 g/mol. The van der Waals surface area contributed by atoms with Gasteiger partial charge in [0, 0.05) is 0 Å². The molecule has 0 aliphatic rings. The van der Waals surface area contributed by atoms with Crippen molar-refractivity contribution in [2.24, 2.45) is 0 Å². The van der Waals surface area contributed by atoms with E-state index in [1.165, 1.54) is 0 Å². The first-order chi connectivity index (χ1) is 2.41. The summed E-state index contributed by atoms with van der Waals surface area (Å²) in [5.74, 6) is 0. The fourth-order valence-corrected chi connectivity index (χ4v) is 0. The Hall–Kier alpha value is 4.03. The summed E-state index contributed by atoms with van der Waals surface area (Å²) in [6.45, 7) is 0.